The van der Waals surface area contributed by atoms with E-state index in [1.807, 2.05) is 0 Å². The Morgan fingerprint density at radius 1 is 1.27 bits per heavy atom. The average Bonchev–Trinajstić information content (AvgIpc) is 2.22. The van der Waals surface area contributed by atoms with Gasteiger partial charge in [0.2, 0.25) is 5.91 Å². The molecule has 0 aromatic rings. The maximum atomic E-state index is 12.1. The Morgan fingerprint density at radius 2 is 1.73 bits per heavy atom. The van der Waals surface area contributed by atoms with Gasteiger partial charge in [0.05, 0.1) is 7.11 Å². The largest absolute Gasteiger partial charge is 0.275 e. The van der Waals surface area contributed by atoms with Crippen molar-refractivity contribution in [2.75, 3.05) is 14.2 Å². The minimum atomic E-state index is 0.0740. The minimum absolute atomic E-state index is 0.0740. The summed E-state index contributed by atoms with van der Waals surface area (Å²) in [4.78, 5) is 17.0. The molecular formula is C12H25NO2. The summed E-state index contributed by atoms with van der Waals surface area (Å²) in [6, 6.07) is 0. The molecular weight excluding hydrogens is 190 g/mol. The molecule has 15 heavy (non-hydrogen) atoms. The van der Waals surface area contributed by atoms with Gasteiger partial charge in [-0.3, -0.25) is 9.63 Å². The topological polar surface area (TPSA) is 29.5 Å². The Hall–Kier alpha value is -0.570. The molecule has 1 unspecified atom stereocenters. The molecule has 0 fully saturated rings. The van der Waals surface area contributed by atoms with E-state index in [1.54, 1.807) is 7.05 Å². The van der Waals surface area contributed by atoms with E-state index in [0.29, 0.717) is 11.8 Å². The summed E-state index contributed by atoms with van der Waals surface area (Å²) in [6.45, 7) is 8.49. The van der Waals surface area contributed by atoms with E-state index in [-0.39, 0.29) is 11.8 Å². The number of hydroxylamine groups is 2. The number of rotatable bonds is 6. The Labute approximate surface area is 93.7 Å². The third kappa shape index (κ3) is 3.82. The second kappa shape index (κ2) is 6.83. The van der Waals surface area contributed by atoms with E-state index in [4.69, 9.17) is 4.84 Å². The molecule has 0 radical (unpaired) electrons. The van der Waals surface area contributed by atoms with Crippen LogP contribution in [-0.4, -0.2) is 25.1 Å². The predicted molar refractivity (Wildman–Crippen MR) is 62.2 cm³/mol. The molecule has 1 atom stereocenters. The molecule has 0 aliphatic rings. The van der Waals surface area contributed by atoms with Crippen LogP contribution in [0.2, 0.25) is 0 Å². The second-order valence-electron chi connectivity index (χ2n) is 4.36. The van der Waals surface area contributed by atoms with Gasteiger partial charge in [-0.1, -0.05) is 40.5 Å². The number of carbonyl (C=O) groups excluding carboxylic acids is 1. The summed E-state index contributed by atoms with van der Waals surface area (Å²) in [5.74, 6) is 0.987. The molecule has 0 N–H and O–H groups in total. The summed E-state index contributed by atoms with van der Waals surface area (Å²) in [6.07, 6.45) is 2.09. The second-order valence-corrected chi connectivity index (χ2v) is 4.36. The summed E-state index contributed by atoms with van der Waals surface area (Å²) in [7, 11) is 3.21. The Balaban J connectivity index is 4.72. The van der Waals surface area contributed by atoms with Crippen LogP contribution in [0.1, 0.15) is 40.5 Å². The monoisotopic (exact) mass is 215 g/mol. The van der Waals surface area contributed by atoms with Crippen molar-refractivity contribution in [3.05, 3.63) is 0 Å². The van der Waals surface area contributed by atoms with Crippen molar-refractivity contribution in [2.45, 2.75) is 40.5 Å². The van der Waals surface area contributed by atoms with E-state index in [9.17, 15) is 4.79 Å². The van der Waals surface area contributed by atoms with Crippen LogP contribution in [0, 0.1) is 17.8 Å². The molecule has 0 saturated carbocycles. The van der Waals surface area contributed by atoms with E-state index in [1.165, 1.54) is 12.2 Å². The molecule has 0 rings (SSSR count). The van der Waals surface area contributed by atoms with E-state index >= 15 is 0 Å². The van der Waals surface area contributed by atoms with Gasteiger partial charge in [0.25, 0.3) is 0 Å². The van der Waals surface area contributed by atoms with Crippen molar-refractivity contribution in [1.82, 2.24) is 5.06 Å². The van der Waals surface area contributed by atoms with Gasteiger partial charge >= 0.3 is 0 Å². The normalized spacial score (nSPS) is 13.3. The van der Waals surface area contributed by atoms with Crippen molar-refractivity contribution in [3.8, 4) is 0 Å². The summed E-state index contributed by atoms with van der Waals surface area (Å²) < 4.78 is 0. The van der Waals surface area contributed by atoms with Crippen molar-refractivity contribution >= 4 is 5.91 Å². The van der Waals surface area contributed by atoms with Gasteiger partial charge in [-0.2, -0.15) is 0 Å². The molecule has 0 saturated heterocycles. The quantitative estimate of drug-likeness (QED) is 0.638. The van der Waals surface area contributed by atoms with Crippen LogP contribution in [0.15, 0.2) is 0 Å². The molecule has 0 aliphatic carbocycles. The van der Waals surface area contributed by atoms with Crippen molar-refractivity contribution in [2.24, 2.45) is 17.8 Å². The third-order valence-corrected chi connectivity index (χ3v) is 3.14. The van der Waals surface area contributed by atoms with E-state index in [2.05, 4.69) is 27.7 Å². The molecule has 1 amide bonds. The lowest BCUT2D eigenvalue weighted by Gasteiger charge is -2.30. The Morgan fingerprint density at radius 3 is 2.00 bits per heavy atom. The molecule has 0 heterocycles. The van der Waals surface area contributed by atoms with Gasteiger partial charge in [-0.05, 0) is 11.8 Å². The third-order valence-electron chi connectivity index (χ3n) is 3.14. The zero-order valence-electron chi connectivity index (χ0n) is 10.9. The lowest BCUT2D eigenvalue weighted by molar-refractivity contribution is -0.177. The first-order valence-corrected chi connectivity index (χ1v) is 5.81. The molecule has 0 bridgehead atoms. The first-order valence-electron chi connectivity index (χ1n) is 5.81. The van der Waals surface area contributed by atoms with Gasteiger partial charge < -0.3 is 0 Å². The highest BCUT2D eigenvalue weighted by Crippen LogP contribution is 2.28. The molecule has 90 valence electrons. The fraction of sp³-hybridized carbons (Fsp3) is 0.917. The highest BCUT2D eigenvalue weighted by Gasteiger charge is 2.31. The van der Waals surface area contributed by atoms with Crippen LogP contribution in [0.3, 0.4) is 0 Å². The van der Waals surface area contributed by atoms with Gasteiger partial charge in [0, 0.05) is 13.0 Å². The number of nitrogens with zero attached hydrogens (tertiary/aromatic N) is 1. The highest BCUT2D eigenvalue weighted by molar-refractivity contribution is 5.78. The smallest absolute Gasteiger partial charge is 0.249 e. The number of carbonyl (C=O) groups is 1. The van der Waals surface area contributed by atoms with Crippen molar-refractivity contribution in [1.29, 1.82) is 0 Å². The van der Waals surface area contributed by atoms with Gasteiger partial charge in [0.1, 0.15) is 0 Å². The maximum absolute atomic E-state index is 12.1. The fourth-order valence-corrected chi connectivity index (χ4v) is 2.13. The Kier molecular flexibility index (Phi) is 6.57. The zero-order chi connectivity index (χ0) is 12.0. The number of amides is 1. The lowest BCUT2D eigenvalue weighted by atomic mass is 9.79. The van der Waals surface area contributed by atoms with Crippen LogP contribution >= 0.6 is 0 Å². The molecule has 3 heteroatoms. The average molecular weight is 215 g/mol. The summed E-state index contributed by atoms with van der Waals surface area (Å²) in [5.41, 5.74) is 0. The summed E-state index contributed by atoms with van der Waals surface area (Å²) in [5, 5.41) is 1.35. The zero-order valence-corrected chi connectivity index (χ0v) is 10.9. The van der Waals surface area contributed by atoms with Crippen LogP contribution < -0.4 is 0 Å². The van der Waals surface area contributed by atoms with E-state index < -0.39 is 0 Å². The van der Waals surface area contributed by atoms with Crippen LogP contribution in [0.4, 0.5) is 0 Å². The van der Waals surface area contributed by atoms with E-state index in [0.717, 1.165) is 12.8 Å². The predicted octanol–water partition coefficient (Wildman–Crippen LogP) is 2.71. The van der Waals surface area contributed by atoms with Crippen molar-refractivity contribution < 1.29 is 9.63 Å². The summed E-state index contributed by atoms with van der Waals surface area (Å²) >= 11 is 0. The SMILES string of the molecule is CCC(CC)C(C(=O)N(C)OC)C(C)C. The van der Waals surface area contributed by atoms with Crippen LogP contribution in [0.5, 0.6) is 0 Å². The van der Waals surface area contributed by atoms with Crippen molar-refractivity contribution in [3.63, 3.8) is 0 Å². The minimum Gasteiger partial charge on any atom is -0.275 e. The first kappa shape index (κ1) is 14.4. The first-order chi connectivity index (χ1) is 6.99. The van der Waals surface area contributed by atoms with Gasteiger partial charge in [-0.25, -0.2) is 5.06 Å². The standard InChI is InChI=1S/C12H25NO2/c1-7-10(8-2)11(9(3)4)12(14)13(5)15-6/h9-11H,7-8H2,1-6H3. The lowest BCUT2D eigenvalue weighted by Crippen LogP contribution is -2.38. The highest BCUT2D eigenvalue weighted by atomic mass is 16.7. The number of hydrogen-bond donors (Lipinski definition) is 0. The molecule has 0 aliphatic heterocycles. The fourth-order valence-electron chi connectivity index (χ4n) is 2.13. The van der Waals surface area contributed by atoms with Gasteiger partial charge in [0.15, 0.2) is 0 Å². The Bertz CT molecular complexity index is 188. The maximum Gasteiger partial charge on any atom is 0.249 e. The molecule has 0 aromatic carbocycles. The van der Waals surface area contributed by atoms with Gasteiger partial charge in [-0.15, -0.1) is 0 Å². The number of hydrogen-bond acceptors (Lipinski definition) is 2. The van der Waals surface area contributed by atoms with Crippen LogP contribution in [-0.2, 0) is 9.63 Å². The van der Waals surface area contributed by atoms with Crippen LogP contribution in [0.25, 0.3) is 0 Å². The molecule has 3 nitrogen and oxygen atoms in total. The molecule has 0 aromatic heterocycles. The molecule has 0 spiro atoms.